The van der Waals surface area contributed by atoms with Gasteiger partial charge in [0.2, 0.25) is 11.8 Å². The number of pyridine rings is 1. The molecule has 0 unspecified atom stereocenters. The second kappa shape index (κ2) is 5.95. The van der Waals surface area contributed by atoms with E-state index < -0.39 is 0 Å². The van der Waals surface area contributed by atoms with Crippen molar-refractivity contribution in [2.75, 3.05) is 32.6 Å². The van der Waals surface area contributed by atoms with E-state index in [1.165, 1.54) is 0 Å². The lowest BCUT2D eigenvalue weighted by Crippen LogP contribution is -2.31. The predicted octanol–water partition coefficient (Wildman–Crippen LogP) is 0.980. The summed E-state index contributed by atoms with van der Waals surface area (Å²) in [5, 5.41) is 3.02. The Bertz CT molecular complexity index is 355. The summed E-state index contributed by atoms with van der Waals surface area (Å²) >= 11 is 0. The van der Waals surface area contributed by atoms with Gasteiger partial charge in [-0.3, -0.25) is 4.79 Å². The van der Waals surface area contributed by atoms with Gasteiger partial charge in [-0.05, 0) is 13.0 Å². The van der Waals surface area contributed by atoms with Gasteiger partial charge in [0.05, 0.1) is 13.7 Å². The average molecular weight is 223 g/mol. The van der Waals surface area contributed by atoms with Crippen molar-refractivity contribution in [3.8, 4) is 5.88 Å². The first-order valence-electron chi connectivity index (χ1n) is 5.15. The topological polar surface area (TPSA) is 54.5 Å². The summed E-state index contributed by atoms with van der Waals surface area (Å²) in [4.78, 5) is 17.2. The molecule has 0 aliphatic heterocycles. The van der Waals surface area contributed by atoms with Crippen molar-refractivity contribution >= 4 is 11.6 Å². The molecular weight excluding hydrogens is 206 g/mol. The van der Waals surface area contributed by atoms with Crippen LogP contribution in [-0.4, -0.2) is 43.0 Å². The zero-order chi connectivity index (χ0) is 12.0. The van der Waals surface area contributed by atoms with Crippen LogP contribution in [-0.2, 0) is 4.79 Å². The highest BCUT2D eigenvalue weighted by Crippen LogP contribution is 2.12. The minimum atomic E-state index is 0.0540. The first-order valence-corrected chi connectivity index (χ1v) is 5.15. The van der Waals surface area contributed by atoms with Crippen LogP contribution in [0.3, 0.4) is 0 Å². The Balaban J connectivity index is 2.51. The van der Waals surface area contributed by atoms with Crippen molar-refractivity contribution in [1.29, 1.82) is 0 Å². The molecule has 1 heterocycles. The second-order valence-electron chi connectivity index (χ2n) is 3.35. The van der Waals surface area contributed by atoms with E-state index in [0.29, 0.717) is 12.4 Å². The molecule has 0 aromatic carbocycles. The van der Waals surface area contributed by atoms with Crippen LogP contribution in [0.4, 0.5) is 5.69 Å². The summed E-state index contributed by atoms with van der Waals surface area (Å²) in [6.07, 6.45) is 1.63. The number of amides is 1. The molecule has 5 nitrogen and oxygen atoms in total. The molecule has 0 atom stereocenters. The maximum absolute atomic E-state index is 11.5. The predicted molar refractivity (Wildman–Crippen MR) is 62.6 cm³/mol. The number of hydrogen-bond acceptors (Lipinski definition) is 4. The normalized spacial score (nSPS) is 9.69. The van der Waals surface area contributed by atoms with Crippen molar-refractivity contribution in [2.24, 2.45) is 0 Å². The van der Waals surface area contributed by atoms with Crippen molar-refractivity contribution in [1.82, 2.24) is 9.88 Å². The van der Waals surface area contributed by atoms with Gasteiger partial charge in [-0.25, -0.2) is 4.98 Å². The zero-order valence-corrected chi connectivity index (χ0v) is 9.86. The molecule has 1 amide bonds. The summed E-state index contributed by atoms with van der Waals surface area (Å²) in [7, 11) is 3.33. The van der Waals surface area contributed by atoms with E-state index >= 15 is 0 Å². The van der Waals surface area contributed by atoms with Crippen LogP contribution in [0.25, 0.3) is 0 Å². The van der Waals surface area contributed by atoms with E-state index in [1.54, 1.807) is 37.4 Å². The fourth-order valence-corrected chi connectivity index (χ4v) is 1.12. The van der Waals surface area contributed by atoms with Crippen molar-refractivity contribution < 1.29 is 9.53 Å². The van der Waals surface area contributed by atoms with Crippen LogP contribution < -0.4 is 10.1 Å². The van der Waals surface area contributed by atoms with Crippen LogP contribution in [0.5, 0.6) is 5.88 Å². The number of hydrogen-bond donors (Lipinski definition) is 1. The molecule has 88 valence electrons. The average Bonchev–Trinajstić information content (AvgIpc) is 2.35. The van der Waals surface area contributed by atoms with Gasteiger partial charge in [-0.1, -0.05) is 0 Å². The Labute approximate surface area is 95.4 Å². The first kappa shape index (κ1) is 12.3. The highest BCUT2D eigenvalue weighted by atomic mass is 16.5. The molecular formula is C11H17N3O2. The van der Waals surface area contributed by atoms with Crippen LogP contribution in [0.15, 0.2) is 18.3 Å². The first-order chi connectivity index (χ1) is 7.67. The molecule has 1 aromatic rings. The van der Waals surface area contributed by atoms with Gasteiger partial charge in [0.15, 0.2) is 0 Å². The molecule has 1 rings (SSSR count). The lowest BCUT2D eigenvalue weighted by atomic mass is 10.4. The summed E-state index contributed by atoms with van der Waals surface area (Å²) in [6.45, 7) is 2.92. The Kier molecular flexibility index (Phi) is 4.57. The summed E-state index contributed by atoms with van der Waals surface area (Å²) < 4.78 is 4.98. The van der Waals surface area contributed by atoms with E-state index in [0.717, 1.165) is 5.69 Å². The van der Waals surface area contributed by atoms with Gasteiger partial charge < -0.3 is 15.0 Å². The van der Waals surface area contributed by atoms with Crippen LogP contribution in [0.1, 0.15) is 6.92 Å². The summed E-state index contributed by atoms with van der Waals surface area (Å²) in [5.41, 5.74) is 0.824. The van der Waals surface area contributed by atoms with E-state index in [2.05, 4.69) is 10.3 Å². The molecule has 0 fully saturated rings. The van der Waals surface area contributed by atoms with Crippen molar-refractivity contribution in [3.63, 3.8) is 0 Å². The molecule has 1 aromatic heterocycles. The number of aromatic nitrogens is 1. The maximum atomic E-state index is 11.5. The molecule has 0 saturated carbocycles. The summed E-state index contributed by atoms with van der Waals surface area (Å²) in [5.74, 6) is 0.583. The van der Waals surface area contributed by atoms with Gasteiger partial charge in [-0.15, -0.1) is 0 Å². The lowest BCUT2D eigenvalue weighted by molar-refractivity contribution is -0.127. The molecule has 5 heteroatoms. The van der Waals surface area contributed by atoms with Crippen LogP contribution >= 0.6 is 0 Å². The van der Waals surface area contributed by atoms with E-state index in [-0.39, 0.29) is 12.5 Å². The molecule has 0 spiro atoms. The monoisotopic (exact) mass is 223 g/mol. The number of nitrogens with one attached hydrogen (secondary N) is 1. The number of carbonyl (C=O) groups is 1. The molecule has 1 N–H and O–H groups in total. The lowest BCUT2D eigenvalue weighted by Gasteiger charge is -2.15. The van der Waals surface area contributed by atoms with Gasteiger partial charge in [0.1, 0.15) is 0 Å². The Hall–Kier alpha value is -1.78. The minimum Gasteiger partial charge on any atom is -0.481 e. The smallest absolute Gasteiger partial charge is 0.241 e. The highest BCUT2D eigenvalue weighted by molar-refractivity contribution is 5.80. The SMILES string of the molecule is CCN(C)C(=O)CNc1ccnc(OC)c1. The third-order valence-electron chi connectivity index (χ3n) is 2.29. The largest absolute Gasteiger partial charge is 0.481 e. The molecule has 16 heavy (non-hydrogen) atoms. The fraction of sp³-hybridized carbons (Fsp3) is 0.455. The number of likely N-dealkylation sites (N-methyl/N-ethyl adjacent to an activating group) is 1. The highest BCUT2D eigenvalue weighted by Gasteiger charge is 2.05. The maximum Gasteiger partial charge on any atom is 0.241 e. The van der Waals surface area contributed by atoms with Crippen molar-refractivity contribution in [3.05, 3.63) is 18.3 Å². The minimum absolute atomic E-state index is 0.0540. The number of anilines is 1. The standard InChI is InChI=1S/C11H17N3O2/c1-4-14(2)11(15)8-13-9-5-6-12-10(7-9)16-3/h5-7H,4,8H2,1-3H3,(H,12,13). The van der Waals surface area contributed by atoms with Gasteiger partial charge in [-0.2, -0.15) is 0 Å². The fourth-order valence-electron chi connectivity index (χ4n) is 1.12. The Morgan fingerprint density at radius 1 is 1.62 bits per heavy atom. The number of nitrogens with zero attached hydrogens (tertiary/aromatic N) is 2. The zero-order valence-electron chi connectivity index (χ0n) is 9.86. The number of rotatable bonds is 5. The Morgan fingerprint density at radius 3 is 3.00 bits per heavy atom. The van der Waals surface area contributed by atoms with Gasteiger partial charge in [0, 0.05) is 31.5 Å². The molecule has 0 aliphatic carbocycles. The Morgan fingerprint density at radius 2 is 2.38 bits per heavy atom. The third-order valence-corrected chi connectivity index (χ3v) is 2.29. The van der Waals surface area contributed by atoms with Gasteiger partial charge >= 0.3 is 0 Å². The van der Waals surface area contributed by atoms with Crippen molar-refractivity contribution in [2.45, 2.75) is 6.92 Å². The summed E-state index contributed by atoms with van der Waals surface area (Å²) in [6, 6.07) is 3.54. The number of methoxy groups -OCH3 is 1. The number of ether oxygens (including phenoxy) is 1. The second-order valence-corrected chi connectivity index (χ2v) is 3.35. The molecule has 0 radical (unpaired) electrons. The molecule has 0 bridgehead atoms. The van der Waals surface area contributed by atoms with E-state index in [4.69, 9.17) is 4.74 Å². The molecule has 0 aliphatic rings. The number of carbonyl (C=O) groups excluding carboxylic acids is 1. The molecule has 0 saturated heterocycles. The van der Waals surface area contributed by atoms with Crippen LogP contribution in [0, 0.1) is 0 Å². The quantitative estimate of drug-likeness (QED) is 0.808. The third kappa shape index (κ3) is 3.42. The van der Waals surface area contributed by atoms with E-state index in [1.807, 2.05) is 6.92 Å². The van der Waals surface area contributed by atoms with Gasteiger partial charge in [0.25, 0.3) is 0 Å². The van der Waals surface area contributed by atoms with E-state index in [9.17, 15) is 4.79 Å². The van der Waals surface area contributed by atoms with Crippen LogP contribution in [0.2, 0.25) is 0 Å².